The smallest absolute Gasteiger partial charge is 0.335 e. The summed E-state index contributed by atoms with van der Waals surface area (Å²) in [4.78, 5) is 48.3. The number of aromatic carboxylic acids is 1. The van der Waals surface area contributed by atoms with Crippen molar-refractivity contribution in [1.29, 1.82) is 0 Å². The van der Waals surface area contributed by atoms with E-state index in [4.69, 9.17) is 24.1 Å². The number of ketones is 1. The van der Waals surface area contributed by atoms with E-state index in [1.807, 2.05) is 25.1 Å². The van der Waals surface area contributed by atoms with Gasteiger partial charge in [-0.05, 0) is 56.0 Å². The number of carboxylic acid groups (broad SMARTS) is 1. The number of benzene rings is 2. The van der Waals surface area contributed by atoms with Crippen LogP contribution in [-0.4, -0.2) is 60.8 Å². The lowest BCUT2D eigenvalue weighted by atomic mass is 10.0. The number of hydrogen-bond acceptors (Lipinski definition) is 8. The molecule has 0 aliphatic rings. The first-order valence-corrected chi connectivity index (χ1v) is 13.1. The predicted molar refractivity (Wildman–Crippen MR) is 155 cm³/mol. The van der Waals surface area contributed by atoms with Crippen molar-refractivity contribution in [3.05, 3.63) is 65.7 Å². The maximum Gasteiger partial charge on any atom is 0.335 e. The van der Waals surface area contributed by atoms with E-state index in [1.54, 1.807) is 24.3 Å². The third-order valence-corrected chi connectivity index (χ3v) is 6.10. The minimum Gasteiger partial charge on any atom is -0.493 e. The Morgan fingerprint density at radius 3 is 1.90 bits per heavy atom. The van der Waals surface area contributed by atoms with E-state index in [9.17, 15) is 19.2 Å². The summed E-state index contributed by atoms with van der Waals surface area (Å²) in [5, 5.41) is 9.06. The third-order valence-electron chi connectivity index (χ3n) is 6.10. The van der Waals surface area contributed by atoms with Crippen LogP contribution in [0.25, 0.3) is 0 Å². The summed E-state index contributed by atoms with van der Waals surface area (Å²) in [6, 6.07) is 15.6. The molecule has 9 nitrogen and oxygen atoms in total. The summed E-state index contributed by atoms with van der Waals surface area (Å²) in [5.74, 6) is -1.54. The number of carbonyl (C=O) groups excluding carboxylic acids is 3. The molecule has 3 atom stereocenters. The first-order valence-electron chi connectivity index (χ1n) is 13.1. The van der Waals surface area contributed by atoms with Gasteiger partial charge in [0, 0.05) is 21.4 Å². The van der Waals surface area contributed by atoms with Gasteiger partial charge in [0.25, 0.3) is 0 Å². The number of hydrogen-bond donors (Lipinski definition) is 1. The van der Waals surface area contributed by atoms with E-state index in [-0.39, 0.29) is 63.3 Å². The Hall–Kier alpha value is -3.79. The maximum atomic E-state index is 12.9. The van der Waals surface area contributed by atoms with Gasteiger partial charge in [0.1, 0.15) is 23.7 Å². The van der Waals surface area contributed by atoms with Crippen LogP contribution in [0.2, 0.25) is 0 Å². The Balaban J connectivity index is 0. The Kier molecular flexibility index (Phi) is 18.3. The number of halogens is 1. The first kappa shape index (κ1) is 37.2. The lowest BCUT2D eigenvalue weighted by molar-refractivity contribution is -0.160. The average Bonchev–Trinajstić information content (AvgIpc) is 2.90. The van der Waals surface area contributed by atoms with Crippen LogP contribution in [0.4, 0.5) is 4.70 Å². The van der Waals surface area contributed by atoms with Crippen LogP contribution in [0.15, 0.2) is 54.6 Å². The number of esters is 2. The lowest BCUT2D eigenvalue weighted by Gasteiger charge is -2.21. The number of carboxylic acids is 1. The van der Waals surface area contributed by atoms with Crippen LogP contribution >= 0.6 is 0 Å². The molecule has 2 rings (SSSR count). The van der Waals surface area contributed by atoms with Gasteiger partial charge in [-0.1, -0.05) is 44.7 Å². The maximum absolute atomic E-state index is 12.9. The van der Waals surface area contributed by atoms with Gasteiger partial charge in [0.05, 0.1) is 31.1 Å². The summed E-state index contributed by atoms with van der Waals surface area (Å²) in [6.45, 7) is 3.55. The van der Waals surface area contributed by atoms with Gasteiger partial charge in [-0.15, -0.1) is 0 Å². The normalized spacial score (nSPS) is 12.5. The van der Waals surface area contributed by atoms with Crippen molar-refractivity contribution in [2.24, 2.45) is 0 Å². The topological polar surface area (TPSA) is 125 Å². The third kappa shape index (κ3) is 15.0. The molecule has 0 spiro atoms. The highest BCUT2D eigenvalue weighted by atomic mass is 19.0. The first-order chi connectivity index (χ1) is 18.7. The standard InChI is InChI=1S/C30H38O9.CH4.FH.H2/c1-4-24(36-3)19-28(32)39-27(16-17-37-25-8-6-5-7-9-25)20-29(33)38-26(18-21(2)31)15-12-22-10-13-23(14-11-22)30(34)35;;;/h5-11,13-14,24,26-27H,4,12,15-20H2,1-3H3,(H,34,35);1H4;2*1H/i;;;1+1. The van der Waals surface area contributed by atoms with Crippen LogP contribution in [0, 0.1) is 0 Å². The number of Topliss-reactive ketones (excluding diaryl/α,β-unsaturated/α-hetero) is 1. The Morgan fingerprint density at radius 1 is 0.829 bits per heavy atom. The molecule has 0 radical (unpaired) electrons. The van der Waals surface area contributed by atoms with Crippen LogP contribution in [0.1, 0.15) is 77.1 Å². The average molecular weight is 582 g/mol. The summed E-state index contributed by atoms with van der Waals surface area (Å²) >= 11 is 0. The molecular weight excluding hydrogens is 535 g/mol. The molecule has 2 aromatic rings. The molecular formula is C31H45FO9. The van der Waals surface area contributed by atoms with E-state index in [0.717, 1.165) is 5.56 Å². The van der Waals surface area contributed by atoms with Crippen LogP contribution < -0.4 is 4.74 Å². The van der Waals surface area contributed by atoms with Gasteiger partial charge in [-0.3, -0.25) is 19.1 Å². The molecule has 0 bridgehead atoms. The fraction of sp³-hybridized carbons (Fsp3) is 0.484. The second-order valence-electron chi connectivity index (χ2n) is 9.30. The van der Waals surface area contributed by atoms with E-state index in [1.165, 1.54) is 26.2 Å². The largest absolute Gasteiger partial charge is 0.493 e. The number of methoxy groups -OCH3 is 1. The second kappa shape index (κ2) is 20.1. The molecule has 0 saturated carbocycles. The van der Waals surface area contributed by atoms with E-state index in [0.29, 0.717) is 25.0 Å². The van der Waals surface area contributed by atoms with Crippen LogP contribution in [-0.2, 0) is 35.0 Å². The molecule has 0 aromatic heterocycles. The van der Waals surface area contributed by atoms with Gasteiger partial charge in [0.2, 0.25) is 0 Å². The molecule has 1 N–H and O–H groups in total. The van der Waals surface area contributed by atoms with Crippen LogP contribution in [0.5, 0.6) is 5.75 Å². The summed E-state index contributed by atoms with van der Waals surface area (Å²) in [5.41, 5.74) is 1.04. The minimum absolute atomic E-state index is 0. The molecule has 0 aliphatic carbocycles. The van der Waals surface area contributed by atoms with Gasteiger partial charge in [0.15, 0.2) is 0 Å². The van der Waals surface area contributed by atoms with Crippen molar-refractivity contribution < 1.29 is 49.4 Å². The van der Waals surface area contributed by atoms with Crippen molar-refractivity contribution >= 4 is 23.7 Å². The number of rotatable bonds is 18. The zero-order valence-corrected chi connectivity index (χ0v) is 23.2. The number of carbonyl (C=O) groups is 4. The molecule has 0 amide bonds. The molecule has 0 aliphatic heterocycles. The van der Waals surface area contributed by atoms with Crippen molar-refractivity contribution in [2.75, 3.05) is 13.7 Å². The summed E-state index contributed by atoms with van der Waals surface area (Å²) in [6.07, 6.45) is -0.0135. The number of para-hydroxylation sites is 1. The van der Waals surface area contributed by atoms with E-state index in [2.05, 4.69) is 0 Å². The number of ether oxygens (including phenoxy) is 4. The molecule has 0 heterocycles. The fourth-order valence-electron chi connectivity index (χ4n) is 3.93. The van der Waals surface area contributed by atoms with E-state index < -0.39 is 30.1 Å². The molecule has 230 valence electrons. The van der Waals surface area contributed by atoms with Crippen molar-refractivity contribution in [2.45, 2.75) is 84.5 Å². The van der Waals surface area contributed by atoms with E-state index >= 15 is 0 Å². The highest BCUT2D eigenvalue weighted by molar-refractivity contribution is 5.87. The zero-order valence-electron chi connectivity index (χ0n) is 23.2. The SMILES string of the molecule is C.CCC(CC(=O)OC(CCOc1ccccc1)CC(=O)OC(CCc1ccc(C(=O)O)cc1)CC(C)=O)OC.F.[2HH]. The summed E-state index contributed by atoms with van der Waals surface area (Å²) < 4.78 is 22.2. The van der Waals surface area contributed by atoms with Crippen molar-refractivity contribution in [3.8, 4) is 5.75 Å². The molecule has 2 aromatic carbocycles. The van der Waals surface area contributed by atoms with Crippen molar-refractivity contribution in [3.63, 3.8) is 0 Å². The fourth-order valence-corrected chi connectivity index (χ4v) is 3.93. The quantitative estimate of drug-likeness (QED) is 0.216. The van der Waals surface area contributed by atoms with Gasteiger partial charge in [-0.25, -0.2) is 4.79 Å². The Bertz CT molecular complexity index is 1060. The monoisotopic (exact) mass is 581 g/mol. The Labute approximate surface area is 243 Å². The molecule has 3 unspecified atom stereocenters. The van der Waals surface area contributed by atoms with Crippen LogP contribution in [0.3, 0.4) is 0 Å². The Morgan fingerprint density at radius 2 is 1.39 bits per heavy atom. The lowest BCUT2D eigenvalue weighted by Crippen LogP contribution is -2.29. The van der Waals surface area contributed by atoms with Gasteiger partial charge < -0.3 is 24.1 Å². The van der Waals surface area contributed by atoms with Crippen molar-refractivity contribution in [1.82, 2.24) is 0 Å². The minimum atomic E-state index is -1.01. The molecule has 10 heteroatoms. The highest BCUT2D eigenvalue weighted by Gasteiger charge is 2.24. The molecule has 41 heavy (non-hydrogen) atoms. The van der Waals surface area contributed by atoms with Gasteiger partial charge >= 0.3 is 17.9 Å². The van der Waals surface area contributed by atoms with Gasteiger partial charge in [-0.2, -0.15) is 0 Å². The number of aryl methyl sites for hydroxylation is 1. The molecule has 0 fully saturated rings. The highest BCUT2D eigenvalue weighted by Crippen LogP contribution is 2.17. The second-order valence-corrected chi connectivity index (χ2v) is 9.30. The predicted octanol–water partition coefficient (Wildman–Crippen LogP) is 5.83. The summed E-state index contributed by atoms with van der Waals surface area (Å²) in [7, 11) is 1.53. The molecule has 0 saturated heterocycles. The zero-order chi connectivity index (χ0) is 28.6.